The molecule has 0 bridgehead atoms. The van der Waals surface area contributed by atoms with Crippen LogP contribution in [-0.4, -0.2) is 19.1 Å². The molecule has 94 valence electrons. The number of esters is 1. The Labute approximate surface area is 111 Å². The molecule has 1 unspecified atom stereocenters. The highest BCUT2D eigenvalue weighted by Crippen LogP contribution is 2.30. The van der Waals surface area contributed by atoms with Crippen LogP contribution in [0.15, 0.2) is 18.2 Å². The Morgan fingerprint density at radius 2 is 2.00 bits per heavy atom. The minimum Gasteiger partial charge on any atom is -0.468 e. The number of benzene rings is 1. The molecule has 0 saturated carbocycles. The third-order valence-corrected chi connectivity index (χ3v) is 3.06. The first-order valence-electron chi connectivity index (χ1n) is 5.25. The van der Waals surface area contributed by atoms with Crippen molar-refractivity contribution in [1.29, 1.82) is 0 Å². The van der Waals surface area contributed by atoms with Crippen LogP contribution < -0.4 is 5.32 Å². The number of hydrogen-bond acceptors (Lipinski definition) is 3. The molecule has 0 aliphatic heterocycles. The van der Waals surface area contributed by atoms with Gasteiger partial charge in [0.2, 0.25) is 0 Å². The SMILES string of the molecule is COC(=O)C(NC(C)C)c1cccc(Cl)c1Cl. The maximum atomic E-state index is 11.7. The lowest BCUT2D eigenvalue weighted by Gasteiger charge is -2.20. The van der Waals surface area contributed by atoms with Gasteiger partial charge in [0.1, 0.15) is 6.04 Å². The van der Waals surface area contributed by atoms with Gasteiger partial charge in [0.15, 0.2) is 0 Å². The van der Waals surface area contributed by atoms with Crippen molar-refractivity contribution < 1.29 is 9.53 Å². The molecule has 0 aliphatic rings. The fourth-order valence-corrected chi connectivity index (χ4v) is 1.90. The number of methoxy groups -OCH3 is 1. The van der Waals surface area contributed by atoms with E-state index in [4.69, 9.17) is 27.9 Å². The van der Waals surface area contributed by atoms with E-state index in [2.05, 4.69) is 5.32 Å². The van der Waals surface area contributed by atoms with Gasteiger partial charge in [0.25, 0.3) is 0 Å². The number of nitrogens with one attached hydrogen (secondary N) is 1. The smallest absolute Gasteiger partial charge is 0.327 e. The van der Waals surface area contributed by atoms with E-state index in [1.54, 1.807) is 18.2 Å². The van der Waals surface area contributed by atoms with Gasteiger partial charge in [-0.25, -0.2) is 4.79 Å². The van der Waals surface area contributed by atoms with Crippen molar-refractivity contribution >= 4 is 29.2 Å². The quantitative estimate of drug-likeness (QED) is 0.858. The Kier molecular flexibility index (Phi) is 5.25. The summed E-state index contributed by atoms with van der Waals surface area (Å²) >= 11 is 12.0. The van der Waals surface area contributed by atoms with Crippen LogP contribution >= 0.6 is 23.2 Å². The summed E-state index contributed by atoms with van der Waals surface area (Å²) in [7, 11) is 1.34. The van der Waals surface area contributed by atoms with Crippen LogP contribution in [0.2, 0.25) is 10.0 Å². The second-order valence-corrected chi connectivity index (χ2v) is 4.71. The van der Waals surface area contributed by atoms with Gasteiger partial charge in [0, 0.05) is 11.6 Å². The Morgan fingerprint density at radius 3 is 2.53 bits per heavy atom. The first kappa shape index (κ1) is 14.3. The van der Waals surface area contributed by atoms with Gasteiger partial charge in [0.05, 0.1) is 17.2 Å². The number of hydrogen-bond donors (Lipinski definition) is 1. The van der Waals surface area contributed by atoms with Crippen molar-refractivity contribution in [2.75, 3.05) is 7.11 Å². The van der Waals surface area contributed by atoms with E-state index in [0.717, 1.165) is 0 Å². The van der Waals surface area contributed by atoms with Crippen molar-refractivity contribution in [2.24, 2.45) is 0 Å². The molecule has 17 heavy (non-hydrogen) atoms. The van der Waals surface area contributed by atoms with Crippen LogP contribution in [0.3, 0.4) is 0 Å². The summed E-state index contributed by atoms with van der Waals surface area (Å²) in [5.74, 6) is -0.386. The lowest BCUT2D eigenvalue weighted by atomic mass is 10.1. The van der Waals surface area contributed by atoms with Crippen LogP contribution in [0, 0.1) is 0 Å². The molecule has 0 spiro atoms. The number of ether oxygens (including phenoxy) is 1. The van der Waals surface area contributed by atoms with Crippen LogP contribution in [0.4, 0.5) is 0 Å². The summed E-state index contributed by atoms with van der Waals surface area (Å²) in [6, 6.07) is 4.70. The summed E-state index contributed by atoms with van der Waals surface area (Å²) in [5, 5.41) is 3.89. The predicted molar refractivity (Wildman–Crippen MR) is 69.5 cm³/mol. The van der Waals surface area contributed by atoms with E-state index in [1.807, 2.05) is 13.8 Å². The standard InChI is InChI=1S/C12H15Cl2NO2/c1-7(2)15-11(12(16)17-3)8-5-4-6-9(13)10(8)14/h4-7,11,15H,1-3H3. The molecule has 0 amide bonds. The second kappa shape index (κ2) is 6.24. The van der Waals surface area contributed by atoms with E-state index >= 15 is 0 Å². The Hall–Kier alpha value is -0.770. The Morgan fingerprint density at radius 1 is 1.35 bits per heavy atom. The molecular formula is C12H15Cl2NO2. The largest absolute Gasteiger partial charge is 0.468 e. The summed E-state index contributed by atoms with van der Waals surface area (Å²) in [4.78, 5) is 11.7. The molecular weight excluding hydrogens is 261 g/mol. The number of carbonyl (C=O) groups excluding carboxylic acids is 1. The van der Waals surface area contributed by atoms with Gasteiger partial charge in [-0.15, -0.1) is 0 Å². The molecule has 0 fully saturated rings. The number of halogens is 2. The number of carbonyl (C=O) groups is 1. The van der Waals surface area contributed by atoms with Crippen molar-refractivity contribution in [1.82, 2.24) is 5.32 Å². The highest BCUT2D eigenvalue weighted by atomic mass is 35.5. The average Bonchev–Trinajstić information content (AvgIpc) is 2.29. The summed E-state index contributed by atoms with van der Waals surface area (Å²) in [6.07, 6.45) is 0. The summed E-state index contributed by atoms with van der Waals surface area (Å²) in [6.45, 7) is 3.88. The molecule has 0 saturated heterocycles. The van der Waals surface area contributed by atoms with Gasteiger partial charge in [-0.2, -0.15) is 0 Å². The van der Waals surface area contributed by atoms with Gasteiger partial charge < -0.3 is 4.74 Å². The van der Waals surface area contributed by atoms with E-state index < -0.39 is 6.04 Å². The molecule has 0 aliphatic carbocycles. The van der Waals surface area contributed by atoms with Crippen LogP contribution in [0.1, 0.15) is 25.5 Å². The van der Waals surface area contributed by atoms with E-state index in [1.165, 1.54) is 7.11 Å². The lowest BCUT2D eigenvalue weighted by molar-refractivity contribution is -0.143. The van der Waals surface area contributed by atoms with Crippen molar-refractivity contribution in [2.45, 2.75) is 25.9 Å². The number of rotatable bonds is 4. The minimum absolute atomic E-state index is 0.120. The van der Waals surface area contributed by atoms with Crippen molar-refractivity contribution in [3.63, 3.8) is 0 Å². The van der Waals surface area contributed by atoms with Crippen LogP contribution in [-0.2, 0) is 9.53 Å². The van der Waals surface area contributed by atoms with Crippen molar-refractivity contribution in [3.8, 4) is 0 Å². The van der Waals surface area contributed by atoms with Crippen LogP contribution in [0.25, 0.3) is 0 Å². The Balaban J connectivity index is 3.12. The first-order valence-corrected chi connectivity index (χ1v) is 6.00. The van der Waals surface area contributed by atoms with E-state index in [0.29, 0.717) is 15.6 Å². The molecule has 1 rings (SSSR count). The predicted octanol–water partition coefficient (Wildman–Crippen LogP) is 3.21. The second-order valence-electron chi connectivity index (χ2n) is 3.92. The molecule has 0 heterocycles. The van der Waals surface area contributed by atoms with Gasteiger partial charge >= 0.3 is 5.97 Å². The normalized spacial score (nSPS) is 12.6. The maximum absolute atomic E-state index is 11.7. The van der Waals surface area contributed by atoms with Gasteiger partial charge in [-0.3, -0.25) is 5.32 Å². The highest BCUT2D eigenvalue weighted by molar-refractivity contribution is 6.42. The zero-order valence-corrected chi connectivity index (χ0v) is 11.5. The monoisotopic (exact) mass is 275 g/mol. The van der Waals surface area contributed by atoms with Crippen molar-refractivity contribution in [3.05, 3.63) is 33.8 Å². The molecule has 1 aromatic carbocycles. The third kappa shape index (κ3) is 3.60. The summed E-state index contributed by atoms with van der Waals surface area (Å²) < 4.78 is 4.76. The molecule has 3 nitrogen and oxygen atoms in total. The Bertz CT molecular complexity index is 407. The molecule has 1 N–H and O–H groups in total. The van der Waals surface area contributed by atoms with E-state index in [9.17, 15) is 4.79 Å². The van der Waals surface area contributed by atoms with Crippen LogP contribution in [0.5, 0.6) is 0 Å². The third-order valence-electron chi connectivity index (χ3n) is 2.23. The molecule has 0 radical (unpaired) electrons. The average molecular weight is 276 g/mol. The zero-order valence-electron chi connectivity index (χ0n) is 9.96. The molecule has 5 heteroatoms. The highest BCUT2D eigenvalue weighted by Gasteiger charge is 2.24. The zero-order chi connectivity index (χ0) is 13.0. The first-order chi connectivity index (χ1) is 7.97. The van der Waals surface area contributed by atoms with E-state index in [-0.39, 0.29) is 12.0 Å². The molecule has 1 aromatic rings. The maximum Gasteiger partial charge on any atom is 0.327 e. The fraction of sp³-hybridized carbons (Fsp3) is 0.417. The minimum atomic E-state index is -0.605. The fourth-order valence-electron chi connectivity index (χ4n) is 1.48. The lowest BCUT2D eigenvalue weighted by Crippen LogP contribution is -2.34. The van der Waals surface area contributed by atoms with Gasteiger partial charge in [-0.1, -0.05) is 35.3 Å². The summed E-state index contributed by atoms with van der Waals surface area (Å²) in [5.41, 5.74) is 0.625. The van der Waals surface area contributed by atoms with Gasteiger partial charge in [-0.05, 0) is 19.9 Å². The molecule has 1 atom stereocenters. The molecule has 0 aromatic heterocycles. The topological polar surface area (TPSA) is 38.3 Å².